The average molecular weight is 254 g/mol. The second kappa shape index (κ2) is 5.89. The average Bonchev–Trinajstić information content (AvgIpc) is 2.77. The van der Waals surface area contributed by atoms with Crippen molar-refractivity contribution in [2.24, 2.45) is 0 Å². The number of ether oxygens (including phenoxy) is 1. The van der Waals surface area contributed by atoms with Crippen LogP contribution in [-0.2, 0) is 4.74 Å². The molecule has 0 spiro atoms. The fourth-order valence-corrected chi connectivity index (χ4v) is 3.33. The molecule has 0 aromatic heterocycles. The standard InChI is InChI=1S/C15H30N2O/c1-5-12(11-16-15(2,3)4)17-9-10-18-14-8-6-7-13(14)17/h12-14,16H,5-11H2,1-4H3. The van der Waals surface area contributed by atoms with Gasteiger partial charge in [-0.25, -0.2) is 0 Å². The number of rotatable bonds is 4. The van der Waals surface area contributed by atoms with Crippen LogP contribution in [0.5, 0.6) is 0 Å². The van der Waals surface area contributed by atoms with Crippen LogP contribution in [0.1, 0.15) is 53.4 Å². The summed E-state index contributed by atoms with van der Waals surface area (Å²) in [5, 5.41) is 3.67. The molecule has 1 aliphatic carbocycles. The molecule has 3 atom stereocenters. The fraction of sp³-hybridized carbons (Fsp3) is 1.00. The maximum absolute atomic E-state index is 5.91. The molecule has 0 amide bonds. The molecule has 0 radical (unpaired) electrons. The first-order valence-corrected chi connectivity index (χ1v) is 7.63. The zero-order valence-electron chi connectivity index (χ0n) is 12.5. The Balaban J connectivity index is 1.93. The van der Waals surface area contributed by atoms with E-state index in [4.69, 9.17) is 4.74 Å². The Morgan fingerprint density at radius 1 is 1.33 bits per heavy atom. The van der Waals surface area contributed by atoms with Crippen LogP contribution in [0.2, 0.25) is 0 Å². The maximum atomic E-state index is 5.91. The third kappa shape index (κ3) is 3.46. The monoisotopic (exact) mass is 254 g/mol. The van der Waals surface area contributed by atoms with Gasteiger partial charge in [0.2, 0.25) is 0 Å². The summed E-state index contributed by atoms with van der Waals surface area (Å²) in [5.74, 6) is 0. The topological polar surface area (TPSA) is 24.5 Å². The fourth-order valence-electron chi connectivity index (χ4n) is 3.33. The van der Waals surface area contributed by atoms with Gasteiger partial charge in [0.1, 0.15) is 0 Å². The Labute approximate surface area is 112 Å². The van der Waals surface area contributed by atoms with E-state index in [1.54, 1.807) is 0 Å². The lowest BCUT2D eigenvalue weighted by atomic mass is 10.0. The summed E-state index contributed by atoms with van der Waals surface area (Å²) in [7, 11) is 0. The van der Waals surface area contributed by atoms with Crippen LogP contribution in [-0.4, -0.2) is 48.3 Å². The molecule has 2 aliphatic rings. The molecular formula is C15H30N2O. The highest BCUT2D eigenvalue weighted by molar-refractivity contribution is 4.93. The maximum Gasteiger partial charge on any atom is 0.0731 e. The highest BCUT2D eigenvalue weighted by Gasteiger charge is 2.38. The van der Waals surface area contributed by atoms with E-state index in [-0.39, 0.29) is 5.54 Å². The molecule has 106 valence electrons. The number of morpholine rings is 1. The third-order valence-corrected chi connectivity index (χ3v) is 4.33. The van der Waals surface area contributed by atoms with Crippen LogP contribution in [0.3, 0.4) is 0 Å². The third-order valence-electron chi connectivity index (χ3n) is 4.33. The lowest BCUT2D eigenvalue weighted by Crippen LogP contribution is -2.56. The normalized spacial score (nSPS) is 31.3. The molecule has 1 aliphatic heterocycles. The van der Waals surface area contributed by atoms with Crippen LogP contribution < -0.4 is 5.32 Å². The number of hydrogen-bond acceptors (Lipinski definition) is 3. The number of fused-ring (bicyclic) bond motifs is 1. The predicted octanol–water partition coefficient (Wildman–Crippen LogP) is 2.41. The van der Waals surface area contributed by atoms with Gasteiger partial charge < -0.3 is 10.1 Å². The van der Waals surface area contributed by atoms with Crippen LogP contribution >= 0.6 is 0 Å². The highest BCUT2D eigenvalue weighted by Crippen LogP contribution is 2.31. The minimum Gasteiger partial charge on any atom is -0.375 e. The second-order valence-corrected chi connectivity index (χ2v) is 6.84. The van der Waals surface area contributed by atoms with Gasteiger partial charge in [-0.05, 0) is 46.5 Å². The van der Waals surface area contributed by atoms with Crippen molar-refractivity contribution in [2.45, 2.75) is 77.1 Å². The smallest absolute Gasteiger partial charge is 0.0731 e. The Morgan fingerprint density at radius 2 is 2.11 bits per heavy atom. The van der Waals surface area contributed by atoms with Crippen LogP contribution in [0, 0.1) is 0 Å². The van der Waals surface area contributed by atoms with Gasteiger partial charge in [-0.15, -0.1) is 0 Å². The molecule has 1 N–H and O–H groups in total. The molecule has 18 heavy (non-hydrogen) atoms. The van der Waals surface area contributed by atoms with Crippen molar-refractivity contribution >= 4 is 0 Å². The van der Waals surface area contributed by atoms with Gasteiger partial charge in [0.15, 0.2) is 0 Å². The highest BCUT2D eigenvalue weighted by atomic mass is 16.5. The summed E-state index contributed by atoms with van der Waals surface area (Å²) in [6.45, 7) is 12.2. The van der Waals surface area contributed by atoms with Gasteiger partial charge in [0.05, 0.1) is 12.7 Å². The van der Waals surface area contributed by atoms with Gasteiger partial charge in [0, 0.05) is 30.7 Å². The van der Waals surface area contributed by atoms with Crippen molar-refractivity contribution < 1.29 is 4.74 Å². The predicted molar refractivity (Wildman–Crippen MR) is 75.9 cm³/mol. The SMILES string of the molecule is CCC(CNC(C)(C)C)N1CCOC2CCCC21. The van der Waals surface area contributed by atoms with E-state index >= 15 is 0 Å². The van der Waals surface area contributed by atoms with Gasteiger partial charge in [0.25, 0.3) is 0 Å². The molecule has 0 aromatic rings. The van der Waals surface area contributed by atoms with E-state index in [1.807, 2.05) is 0 Å². The molecule has 2 rings (SSSR count). The van der Waals surface area contributed by atoms with E-state index < -0.39 is 0 Å². The van der Waals surface area contributed by atoms with E-state index in [9.17, 15) is 0 Å². The van der Waals surface area contributed by atoms with Gasteiger partial charge in [-0.1, -0.05) is 6.92 Å². The largest absolute Gasteiger partial charge is 0.375 e. The van der Waals surface area contributed by atoms with Crippen LogP contribution in [0.15, 0.2) is 0 Å². The Bertz CT molecular complexity index is 262. The molecule has 2 fully saturated rings. The van der Waals surface area contributed by atoms with Gasteiger partial charge in [-0.3, -0.25) is 4.90 Å². The molecule has 3 nitrogen and oxygen atoms in total. The lowest BCUT2D eigenvalue weighted by Gasteiger charge is -2.43. The van der Waals surface area contributed by atoms with Gasteiger partial charge >= 0.3 is 0 Å². The summed E-state index contributed by atoms with van der Waals surface area (Å²) in [6, 6.07) is 1.35. The van der Waals surface area contributed by atoms with Crippen molar-refractivity contribution in [1.82, 2.24) is 10.2 Å². The first kappa shape index (κ1) is 14.3. The summed E-state index contributed by atoms with van der Waals surface area (Å²) in [6.07, 6.45) is 5.69. The summed E-state index contributed by atoms with van der Waals surface area (Å²) in [5.41, 5.74) is 0.217. The molecule has 1 saturated carbocycles. The first-order valence-electron chi connectivity index (χ1n) is 7.63. The zero-order chi connectivity index (χ0) is 13.2. The molecule has 0 aromatic carbocycles. The van der Waals surface area contributed by atoms with E-state index in [1.165, 1.54) is 25.7 Å². The molecular weight excluding hydrogens is 224 g/mol. The van der Waals surface area contributed by atoms with Crippen molar-refractivity contribution in [1.29, 1.82) is 0 Å². The van der Waals surface area contributed by atoms with Crippen LogP contribution in [0.25, 0.3) is 0 Å². The summed E-state index contributed by atoms with van der Waals surface area (Å²) in [4.78, 5) is 2.72. The van der Waals surface area contributed by atoms with Crippen molar-refractivity contribution in [3.63, 3.8) is 0 Å². The summed E-state index contributed by atoms with van der Waals surface area (Å²) >= 11 is 0. The lowest BCUT2D eigenvalue weighted by molar-refractivity contribution is -0.0723. The van der Waals surface area contributed by atoms with E-state index in [0.29, 0.717) is 18.2 Å². The Morgan fingerprint density at radius 3 is 2.78 bits per heavy atom. The minimum atomic E-state index is 0.217. The van der Waals surface area contributed by atoms with E-state index in [2.05, 4.69) is 37.9 Å². The summed E-state index contributed by atoms with van der Waals surface area (Å²) < 4.78 is 5.91. The van der Waals surface area contributed by atoms with Gasteiger partial charge in [-0.2, -0.15) is 0 Å². The second-order valence-electron chi connectivity index (χ2n) is 6.84. The van der Waals surface area contributed by atoms with Crippen molar-refractivity contribution in [3.05, 3.63) is 0 Å². The van der Waals surface area contributed by atoms with Crippen molar-refractivity contribution in [3.8, 4) is 0 Å². The Hall–Kier alpha value is -0.120. The molecule has 3 heteroatoms. The minimum absolute atomic E-state index is 0.217. The number of hydrogen-bond donors (Lipinski definition) is 1. The number of nitrogens with one attached hydrogen (secondary N) is 1. The Kier molecular flexibility index (Phi) is 4.68. The molecule has 0 bridgehead atoms. The number of nitrogens with zero attached hydrogens (tertiary/aromatic N) is 1. The quantitative estimate of drug-likeness (QED) is 0.834. The van der Waals surface area contributed by atoms with E-state index in [0.717, 1.165) is 19.7 Å². The molecule has 1 saturated heterocycles. The van der Waals surface area contributed by atoms with Crippen LogP contribution in [0.4, 0.5) is 0 Å². The molecule has 1 heterocycles. The first-order chi connectivity index (χ1) is 8.51. The zero-order valence-corrected chi connectivity index (χ0v) is 12.5. The van der Waals surface area contributed by atoms with Crippen molar-refractivity contribution in [2.75, 3.05) is 19.7 Å². The molecule has 3 unspecified atom stereocenters.